The molecule has 11 heteroatoms. The molecule has 0 fully saturated rings. The molecule has 0 aromatic heterocycles. The lowest BCUT2D eigenvalue weighted by atomic mass is 10.0. The molecule has 2 aliphatic rings. The third kappa shape index (κ3) is 9.13. The van der Waals surface area contributed by atoms with Gasteiger partial charge in [-0.05, 0) is 83.6 Å². The van der Waals surface area contributed by atoms with Gasteiger partial charge in [-0.1, -0.05) is 96.5 Å². The Kier molecular flexibility index (Phi) is 11.1. The highest BCUT2D eigenvalue weighted by atomic mass is 32.2. The lowest BCUT2D eigenvalue weighted by Crippen LogP contribution is -2.34. The number of nitrogens with one attached hydrogen (secondary N) is 2. The van der Waals surface area contributed by atoms with E-state index in [9.17, 15) is 9.59 Å². The predicted molar refractivity (Wildman–Crippen MR) is 201 cm³/mol. The molecule has 0 saturated heterocycles. The summed E-state index contributed by atoms with van der Waals surface area (Å²) in [6.07, 6.45) is 1.92. The van der Waals surface area contributed by atoms with E-state index in [0.29, 0.717) is 22.9 Å². The number of thiocarbonyl (C=S) groups is 2. The van der Waals surface area contributed by atoms with Gasteiger partial charge in [0.25, 0.3) is 0 Å². The van der Waals surface area contributed by atoms with E-state index in [4.69, 9.17) is 29.2 Å². The van der Waals surface area contributed by atoms with Gasteiger partial charge in [-0.15, -0.1) is 0 Å². The number of hydrogen-bond acceptors (Lipinski definition) is 7. The molecule has 4 aromatic carbocycles. The molecule has 7 nitrogen and oxygen atoms in total. The molecule has 2 heterocycles. The van der Waals surface area contributed by atoms with Crippen LogP contribution in [0.25, 0.3) is 0 Å². The van der Waals surface area contributed by atoms with Crippen LogP contribution in [0, 0.1) is 0 Å². The highest BCUT2D eigenvalue weighted by Gasteiger charge is 2.20. The van der Waals surface area contributed by atoms with Crippen LogP contribution in [0.1, 0.15) is 22.3 Å². The third-order valence-electron chi connectivity index (χ3n) is 7.94. The Bertz CT molecular complexity index is 1640. The predicted octanol–water partition coefficient (Wildman–Crippen LogP) is 7.51. The number of ether oxygens (including phenoxy) is 1. The van der Waals surface area contributed by atoms with Crippen LogP contribution < -0.4 is 15.4 Å². The molecule has 2 aliphatic heterocycles. The first-order chi connectivity index (χ1) is 22.9. The second-order valence-electron chi connectivity index (χ2n) is 11.2. The number of carbonyl (C=O) groups is 2. The fourth-order valence-electron chi connectivity index (χ4n) is 5.48. The van der Waals surface area contributed by atoms with Gasteiger partial charge in [0.2, 0.25) is 11.8 Å². The number of amides is 2. The molecule has 0 spiro atoms. The summed E-state index contributed by atoms with van der Waals surface area (Å²) < 4.78 is 7.45. The minimum atomic E-state index is -0.112. The largest absolute Gasteiger partial charge is 0.457 e. The zero-order valence-electron chi connectivity index (χ0n) is 25.6. The normalized spacial score (nSPS) is 13.6. The maximum absolute atomic E-state index is 12.6. The summed E-state index contributed by atoms with van der Waals surface area (Å²) in [5.74, 6) is 1.53. The molecule has 0 atom stereocenters. The second kappa shape index (κ2) is 15.8. The number of carbonyl (C=O) groups excluding carboxylic acids is 2. The Labute approximate surface area is 294 Å². The Hall–Kier alpha value is -3.90. The quantitative estimate of drug-likeness (QED) is 0.182. The van der Waals surface area contributed by atoms with Crippen molar-refractivity contribution in [3.05, 3.63) is 119 Å². The minimum absolute atomic E-state index is 0.112. The molecule has 6 rings (SSSR count). The van der Waals surface area contributed by atoms with Crippen molar-refractivity contribution in [3.63, 3.8) is 0 Å². The Morgan fingerprint density at radius 1 is 0.596 bits per heavy atom. The summed E-state index contributed by atoms with van der Waals surface area (Å²) in [7, 11) is 0. The second-order valence-corrected chi connectivity index (χ2v) is 14.5. The topological polar surface area (TPSA) is 73.9 Å². The van der Waals surface area contributed by atoms with Crippen LogP contribution in [0.5, 0.6) is 11.5 Å². The van der Waals surface area contributed by atoms with Gasteiger partial charge < -0.3 is 25.2 Å². The maximum Gasteiger partial charge on any atom is 0.234 e. The molecule has 47 heavy (non-hydrogen) atoms. The van der Waals surface area contributed by atoms with Crippen molar-refractivity contribution in [2.75, 3.05) is 35.2 Å². The van der Waals surface area contributed by atoms with Gasteiger partial charge >= 0.3 is 0 Å². The zero-order valence-corrected chi connectivity index (χ0v) is 28.9. The molecule has 0 radical (unpaired) electrons. The maximum atomic E-state index is 12.6. The van der Waals surface area contributed by atoms with Crippen molar-refractivity contribution in [3.8, 4) is 11.5 Å². The highest BCUT2D eigenvalue weighted by Crippen LogP contribution is 2.26. The van der Waals surface area contributed by atoms with Gasteiger partial charge in [-0.2, -0.15) is 0 Å². The number of thioether (sulfide) groups is 2. The Balaban J connectivity index is 0.898. The van der Waals surface area contributed by atoms with Crippen molar-refractivity contribution in [2.24, 2.45) is 0 Å². The molecule has 2 N–H and O–H groups in total. The monoisotopic (exact) mass is 698 g/mol. The van der Waals surface area contributed by atoms with E-state index < -0.39 is 0 Å². The summed E-state index contributed by atoms with van der Waals surface area (Å²) in [6, 6.07) is 31.3. The van der Waals surface area contributed by atoms with Crippen LogP contribution in [0.2, 0.25) is 0 Å². The van der Waals surface area contributed by atoms with Gasteiger partial charge in [0.1, 0.15) is 20.1 Å². The van der Waals surface area contributed by atoms with Crippen molar-refractivity contribution >= 4 is 79.8 Å². The average molecular weight is 699 g/mol. The van der Waals surface area contributed by atoms with Gasteiger partial charge in [0, 0.05) is 37.6 Å². The summed E-state index contributed by atoms with van der Waals surface area (Å²) in [5.41, 5.74) is 6.69. The molecule has 240 valence electrons. The van der Waals surface area contributed by atoms with Gasteiger partial charge in [0.05, 0.1) is 11.5 Å². The van der Waals surface area contributed by atoms with Crippen molar-refractivity contribution in [1.29, 1.82) is 0 Å². The van der Waals surface area contributed by atoms with Crippen LogP contribution in [-0.4, -0.2) is 54.9 Å². The van der Waals surface area contributed by atoms with Crippen molar-refractivity contribution < 1.29 is 14.3 Å². The van der Waals surface area contributed by atoms with Crippen LogP contribution in [0.3, 0.4) is 0 Å². The number of rotatable bonds is 8. The fourth-order valence-corrected chi connectivity index (χ4v) is 7.48. The van der Waals surface area contributed by atoms with E-state index in [1.165, 1.54) is 45.8 Å². The first-order valence-corrected chi connectivity index (χ1v) is 18.1. The number of fused-ring (bicyclic) bond motifs is 2. The SMILES string of the molecule is O=C(CSC(=S)N1CCc2ccccc2C1)Nc1ccc(Oc2ccc(NC(=O)CSC(=S)N3CCc4ccccc4C3)cc2)cc1. The lowest BCUT2D eigenvalue weighted by Gasteiger charge is -2.30. The molecule has 0 bridgehead atoms. The van der Waals surface area contributed by atoms with E-state index in [-0.39, 0.29) is 23.3 Å². The van der Waals surface area contributed by atoms with Gasteiger partial charge in [-0.25, -0.2) is 0 Å². The van der Waals surface area contributed by atoms with E-state index in [2.05, 4.69) is 69.0 Å². The van der Waals surface area contributed by atoms with Crippen LogP contribution >= 0.6 is 48.0 Å². The number of benzene rings is 4. The van der Waals surface area contributed by atoms with Crippen molar-refractivity contribution in [2.45, 2.75) is 25.9 Å². The van der Waals surface area contributed by atoms with E-state index >= 15 is 0 Å². The van der Waals surface area contributed by atoms with Crippen molar-refractivity contribution in [1.82, 2.24) is 9.80 Å². The number of anilines is 2. The summed E-state index contributed by atoms with van der Waals surface area (Å²) in [6.45, 7) is 3.30. The van der Waals surface area contributed by atoms with E-state index in [1.54, 1.807) is 48.5 Å². The lowest BCUT2D eigenvalue weighted by molar-refractivity contribution is -0.114. The highest BCUT2D eigenvalue weighted by molar-refractivity contribution is 8.23. The molecule has 0 unspecified atom stereocenters. The average Bonchev–Trinajstić information content (AvgIpc) is 3.10. The number of hydrogen-bond donors (Lipinski definition) is 2. The fraction of sp³-hybridized carbons (Fsp3) is 0.222. The molecule has 0 aliphatic carbocycles. The Morgan fingerprint density at radius 2 is 0.979 bits per heavy atom. The summed E-state index contributed by atoms with van der Waals surface area (Å²) in [4.78, 5) is 29.5. The van der Waals surface area contributed by atoms with E-state index in [0.717, 1.165) is 47.7 Å². The zero-order chi connectivity index (χ0) is 32.6. The third-order valence-corrected chi connectivity index (χ3v) is 11.0. The van der Waals surface area contributed by atoms with Crippen LogP contribution in [0.4, 0.5) is 11.4 Å². The standard InChI is InChI=1S/C36H34N4O3S4/c41-33(23-46-35(44)39-19-17-25-5-1-3-7-27(25)21-39)37-29-9-13-31(14-10-29)43-32-15-11-30(12-16-32)38-34(42)24-47-36(45)40-20-18-26-6-2-4-8-28(26)22-40/h1-16H,17-24H2,(H,37,41)(H,38,42). The van der Waals surface area contributed by atoms with E-state index in [1.807, 2.05) is 0 Å². The first kappa shape index (κ1) is 33.0. The minimum Gasteiger partial charge on any atom is -0.457 e. The smallest absolute Gasteiger partial charge is 0.234 e. The summed E-state index contributed by atoms with van der Waals surface area (Å²) in [5, 5.41) is 5.85. The molecular weight excluding hydrogens is 665 g/mol. The van der Waals surface area contributed by atoms with Gasteiger partial charge in [-0.3, -0.25) is 9.59 Å². The van der Waals surface area contributed by atoms with Crippen LogP contribution in [0.15, 0.2) is 97.1 Å². The number of nitrogens with zero attached hydrogens (tertiary/aromatic N) is 2. The molecule has 4 aromatic rings. The van der Waals surface area contributed by atoms with Gasteiger partial charge in [0.15, 0.2) is 0 Å². The van der Waals surface area contributed by atoms with Crippen LogP contribution in [-0.2, 0) is 35.5 Å². The molecule has 0 saturated carbocycles. The summed E-state index contributed by atoms with van der Waals surface area (Å²) >= 11 is 14.0. The first-order valence-electron chi connectivity index (χ1n) is 15.3. The Morgan fingerprint density at radius 3 is 1.38 bits per heavy atom. The molecular formula is C36H34N4O3S4. The molecule has 2 amide bonds.